The van der Waals surface area contributed by atoms with Gasteiger partial charge < -0.3 is 26.8 Å². The van der Waals surface area contributed by atoms with Crippen LogP contribution in [-0.4, -0.2) is 52.3 Å². The highest BCUT2D eigenvalue weighted by Crippen LogP contribution is 1.74. The van der Waals surface area contributed by atoms with Crippen LogP contribution in [0, 0.1) is 0 Å². The molecule has 14 heavy (non-hydrogen) atoms. The van der Waals surface area contributed by atoms with Gasteiger partial charge >= 0.3 is 5.97 Å². The molecule has 0 aliphatic carbocycles. The number of hydrogen-bond donors (Lipinski definition) is 5. The van der Waals surface area contributed by atoms with Gasteiger partial charge in [0.25, 0.3) is 0 Å². The van der Waals surface area contributed by atoms with E-state index in [1.165, 1.54) is 6.92 Å². The molecule has 2 atom stereocenters. The van der Waals surface area contributed by atoms with Crippen molar-refractivity contribution in [2.45, 2.75) is 19.0 Å². The minimum Gasteiger partial charge on any atom is -0.480 e. The number of carbonyl (C=O) groups excluding carboxylic acids is 1. The Hall–Kier alpha value is -1.02. The molecule has 0 radical (unpaired) electrons. The molecule has 0 aliphatic rings. The fourth-order valence-corrected chi connectivity index (χ4v) is 0.179. The first kappa shape index (κ1) is 11.1. The Morgan fingerprint density at radius 2 is 1.64 bits per heavy atom. The summed E-state index contributed by atoms with van der Waals surface area (Å²) in [6.07, 6.45) is 0. The quantitative estimate of drug-likeness (QED) is 0.339. The summed E-state index contributed by atoms with van der Waals surface area (Å²) < 4.78 is 13.4. The normalized spacial score (nSPS) is 20.1. The molecule has 0 saturated carbocycles. The van der Waals surface area contributed by atoms with Crippen molar-refractivity contribution < 1.29 is 27.7 Å². The Kier molecular flexibility index (Phi) is 6.77. The van der Waals surface area contributed by atoms with Crippen molar-refractivity contribution in [1.82, 2.24) is 0 Å². The molecule has 0 saturated heterocycles. The molecular weight excluding hydrogens is 192 g/mol. The van der Waals surface area contributed by atoms with Crippen LogP contribution in [-0.2, 0) is 9.59 Å². The van der Waals surface area contributed by atoms with Crippen LogP contribution in [0.5, 0.6) is 0 Å². The lowest BCUT2D eigenvalue weighted by Crippen LogP contribution is -2.33. The average Bonchev–Trinajstić information content (AvgIpc) is 2.18. The standard InChI is InChI=1S/C4H9NO2.C3H7NO3/c1-3(7)4(5)2-6;4-2(1-5)3(6)7/h4,6H,2,5H2,1H3;2,5H,1,4H2,(H,6,7)/t4-;2-/m11/s1/i4D;2D. The number of rotatable bonds is 4. The van der Waals surface area contributed by atoms with E-state index in [1.54, 1.807) is 0 Å². The highest BCUT2D eigenvalue weighted by Gasteiger charge is 2.07. The number of nitrogens with two attached hydrogens (primary N) is 2. The van der Waals surface area contributed by atoms with Gasteiger partial charge in [0.05, 0.1) is 22.0 Å². The number of aliphatic hydroxyl groups excluding tert-OH is 2. The van der Waals surface area contributed by atoms with E-state index in [4.69, 9.17) is 23.8 Å². The maximum absolute atomic E-state index is 10.2. The highest BCUT2D eigenvalue weighted by molar-refractivity contribution is 5.81. The summed E-state index contributed by atoms with van der Waals surface area (Å²) in [5, 5.41) is 24.3. The van der Waals surface area contributed by atoms with Crippen LogP contribution < -0.4 is 11.5 Å². The molecule has 0 aromatic rings. The van der Waals surface area contributed by atoms with E-state index < -0.39 is 37.0 Å². The lowest BCUT2D eigenvalue weighted by atomic mass is 10.2. The van der Waals surface area contributed by atoms with Crippen LogP contribution in [0.4, 0.5) is 0 Å². The number of carboxylic acids is 1. The Bertz CT molecular complexity index is 231. The van der Waals surface area contributed by atoms with Crippen molar-refractivity contribution >= 4 is 11.8 Å². The molecule has 0 heterocycles. The first-order valence-corrected chi connectivity index (χ1v) is 3.55. The first-order valence-electron chi connectivity index (χ1n) is 4.55. The monoisotopic (exact) mass is 210 g/mol. The van der Waals surface area contributed by atoms with Gasteiger partial charge in [-0.25, -0.2) is 0 Å². The Morgan fingerprint density at radius 1 is 1.29 bits per heavy atom. The third-order valence-corrected chi connectivity index (χ3v) is 1.07. The SMILES string of the molecule is [2H][C@@](N)(CO)C(=O)O.[2H][C@@](N)(CO)C(C)=O. The van der Waals surface area contributed by atoms with Gasteiger partial charge in [0.1, 0.15) is 11.8 Å². The van der Waals surface area contributed by atoms with Crippen LogP contribution in [0.2, 0.25) is 0 Å². The third-order valence-electron chi connectivity index (χ3n) is 1.07. The lowest BCUT2D eigenvalue weighted by Gasteiger charge is -1.98. The summed E-state index contributed by atoms with van der Waals surface area (Å²) in [6.45, 7) is -0.326. The van der Waals surface area contributed by atoms with E-state index in [-0.39, 0.29) is 0 Å². The average molecular weight is 210 g/mol. The largest absolute Gasteiger partial charge is 0.480 e. The summed E-state index contributed by atoms with van der Waals surface area (Å²) in [7, 11) is 0. The van der Waals surface area contributed by atoms with Gasteiger partial charge in [0.15, 0.2) is 0 Å². The Morgan fingerprint density at radius 3 is 1.64 bits per heavy atom. The lowest BCUT2D eigenvalue weighted by molar-refractivity contribution is -0.139. The predicted octanol–water partition coefficient (Wildman–Crippen LogP) is -2.71. The number of carbonyl (C=O) groups is 2. The van der Waals surface area contributed by atoms with Gasteiger partial charge in [-0.05, 0) is 6.92 Å². The molecule has 7 heteroatoms. The summed E-state index contributed by atoms with van der Waals surface area (Å²) in [4.78, 5) is 20.0. The molecule has 7 nitrogen and oxygen atoms in total. The zero-order chi connectivity index (χ0) is 13.6. The maximum Gasteiger partial charge on any atom is 0.322 e. The molecule has 0 aromatic heterocycles. The van der Waals surface area contributed by atoms with Crippen molar-refractivity contribution in [1.29, 1.82) is 0 Å². The molecule has 0 unspecified atom stereocenters. The van der Waals surface area contributed by atoms with Gasteiger partial charge in [-0.2, -0.15) is 0 Å². The number of carboxylic acid groups (broad SMARTS) is 1. The van der Waals surface area contributed by atoms with Gasteiger partial charge in [-0.1, -0.05) is 0 Å². The third kappa shape index (κ3) is 9.07. The van der Waals surface area contributed by atoms with Crippen LogP contribution >= 0.6 is 0 Å². The zero-order valence-corrected chi connectivity index (χ0v) is 7.73. The number of ketones is 1. The fraction of sp³-hybridized carbons (Fsp3) is 0.714. The first-order chi connectivity index (χ1) is 7.01. The summed E-state index contributed by atoms with van der Waals surface area (Å²) in [6, 6.07) is -4.03. The van der Waals surface area contributed by atoms with Gasteiger partial charge in [0.2, 0.25) is 0 Å². The minimum atomic E-state index is -2.24. The topological polar surface area (TPSA) is 147 Å². The van der Waals surface area contributed by atoms with Crippen molar-refractivity contribution in [3.8, 4) is 0 Å². The second kappa shape index (κ2) is 8.57. The minimum absolute atomic E-state index is 0.528. The van der Waals surface area contributed by atoms with Gasteiger partial charge in [-0.3, -0.25) is 9.59 Å². The molecule has 0 aliphatic heterocycles. The van der Waals surface area contributed by atoms with E-state index in [9.17, 15) is 9.59 Å². The van der Waals surface area contributed by atoms with Crippen molar-refractivity contribution in [2.75, 3.05) is 13.2 Å². The summed E-state index contributed by atoms with van der Waals surface area (Å²) in [5.41, 5.74) is 9.60. The maximum atomic E-state index is 10.2. The molecule has 84 valence electrons. The van der Waals surface area contributed by atoms with Crippen molar-refractivity contribution in [3.05, 3.63) is 0 Å². The fourth-order valence-electron chi connectivity index (χ4n) is 0.179. The van der Waals surface area contributed by atoms with Crippen LogP contribution in [0.1, 0.15) is 9.67 Å². The van der Waals surface area contributed by atoms with E-state index in [2.05, 4.69) is 5.73 Å². The zero-order valence-electron chi connectivity index (χ0n) is 9.73. The highest BCUT2D eigenvalue weighted by atomic mass is 16.4. The molecule has 0 bridgehead atoms. The van der Waals surface area contributed by atoms with E-state index >= 15 is 0 Å². The number of aliphatic hydroxyl groups is 2. The van der Waals surface area contributed by atoms with E-state index in [0.717, 1.165) is 0 Å². The Balaban J connectivity index is 0. The number of aliphatic carboxylic acids is 1. The molecule has 0 aromatic carbocycles. The van der Waals surface area contributed by atoms with Crippen LogP contribution in [0.3, 0.4) is 0 Å². The molecular formula is C7H16N2O5. The van der Waals surface area contributed by atoms with Crippen molar-refractivity contribution in [3.63, 3.8) is 0 Å². The van der Waals surface area contributed by atoms with Gasteiger partial charge in [-0.15, -0.1) is 0 Å². The summed E-state index contributed by atoms with van der Waals surface area (Å²) >= 11 is 0. The van der Waals surface area contributed by atoms with Crippen LogP contribution in [0.25, 0.3) is 0 Å². The second-order valence-corrected chi connectivity index (χ2v) is 2.23. The second-order valence-electron chi connectivity index (χ2n) is 2.23. The van der Waals surface area contributed by atoms with E-state index in [1.807, 2.05) is 0 Å². The number of Topliss-reactive ketones (excluding diaryl/α,β-unsaturated/α-hetero) is 1. The van der Waals surface area contributed by atoms with E-state index in [0.29, 0.717) is 0 Å². The molecule has 0 fully saturated rings. The molecule has 0 rings (SSSR count). The molecule has 7 N–H and O–H groups in total. The molecule has 0 spiro atoms. The van der Waals surface area contributed by atoms with Gasteiger partial charge in [0, 0.05) is 0 Å². The number of hydrogen-bond acceptors (Lipinski definition) is 6. The smallest absolute Gasteiger partial charge is 0.322 e. The van der Waals surface area contributed by atoms with Crippen LogP contribution in [0.15, 0.2) is 0 Å². The molecule has 0 amide bonds. The predicted molar refractivity (Wildman–Crippen MR) is 48.4 cm³/mol. The van der Waals surface area contributed by atoms with Crippen molar-refractivity contribution in [2.24, 2.45) is 11.5 Å². The Labute approximate surface area is 84.1 Å². The summed E-state index contributed by atoms with van der Waals surface area (Å²) in [5.74, 6) is -2.06.